The monoisotopic (exact) mass is 441 g/mol. The fourth-order valence-electron chi connectivity index (χ4n) is 2.39. The molecule has 0 fully saturated rings. The number of carbonyl (C=O) groups is 5. The number of rotatable bonds is 13. The first-order valence-electron chi connectivity index (χ1n) is 9.31. The summed E-state index contributed by atoms with van der Waals surface area (Å²) in [6.45, 7) is 0.473. The predicted octanol–water partition coefficient (Wildman–Crippen LogP) is -3.90. The van der Waals surface area contributed by atoms with Gasteiger partial charge in [-0.05, 0) is 13.3 Å². The molecule has 4 amide bonds. The Morgan fingerprint density at radius 2 is 1.74 bits per heavy atom. The Morgan fingerprint density at radius 1 is 1.10 bits per heavy atom. The van der Waals surface area contributed by atoms with Crippen LogP contribution in [0.2, 0.25) is 0 Å². The van der Waals surface area contributed by atoms with Crippen LogP contribution in [0, 0.1) is 0 Å². The third kappa shape index (κ3) is 8.79. The molecule has 1 heterocycles. The number of amides is 4. The van der Waals surface area contributed by atoms with Crippen LogP contribution in [0.1, 0.15) is 25.5 Å². The molecule has 10 N–H and O–H groups in total. The van der Waals surface area contributed by atoms with Crippen molar-refractivity contribution >= 4 is 29.6 Å². The number of primary amides is 1. The number of nitrogens with one attached hydrogen (secondary N) is 4. The van der Waals surface area contributed by atoms with E-state index in [4.69, 9.17) is 21.7 Å². The summed E-state index contributed by atoms with van der Waals surface area (Å²) in [4.78, 5) is 65.5. The van der Waals surface area contributed by atoms with Crippen molar-refractivity contribution in [2.75, 3.05) is 6.61 Å². The zero-order valence-electron chi connectivity index (χ0n) is 16.8. The molecule has 1 rings (SSSR count). The lowest BCUT2D eigenvalue weighted by Gasteiger charge is -2.23. The number of hydrogen-bond donors (Lipinski definition) is 8. The van der Waals surface area contributed by atoms with Gasteiger partial charge in [-0.15, -0.1) is 0 Å². The maximum Gasteiger partial charge on any atom is 0.328 e. The number of aliphatic hydroxyl groups is 1. The van der Waals surface area contributed by atoms with Crippen molar-refractivity contribution in [2.24, 2.45) is 11.5 Å². The SMILES string of the molecule is CC(NC(=O)C(Cc1cnc[nH]1)NC(=O)C(N)CCC(N)=O)C(=O)NC(CO)C(=O)O. The molecule has 14 nitrogen and oxygen atoms in total. The van der Waals surface area contributed by atoms with Crippen LogP contribution in [-0.2, 0) is 30.4 Å². The quantitative estimate of drug-likeness (QED) is 0.149. The smallest absolute Gasteiger partial charge is 0.328 e. The highest BCUT2D eigenvalue weighted by Crippen LogP contribution is 2.02. The Morgan fingerprint density at radius 3 is 2.26 bits per heavy atom. The van der Waals surface area contributed by atoms with Crippen LogP contribution in [0.4, 0.5) is 0 Å². The van der Waals surface area contributed by atoms with Crippen LogP contribution in [0.25, 0.3) is 0 Å². The Bertz CT molecular complexity index is 784. The van der Waals surface area contributed by atoms with E-state index in [0.717, 1.165) is 0 Å². The highest BCUT2D eigenvalue weighted by molar-refractivity contribution is 5.94. The highest BCUT2D eigenvalue weighted by atomic mass is 16.4. The molecule has 0 aliphatic heterocycles. The van der Waals surface area contributed by atoms with E-state index < -0.39 is 60.4 Å². The number of carboxylic acid groups (broad SMARTS) is 1. The summed E-state index contributed by atoms with van der Waals surface area (Å²) in [5.41, 5.74) is 11.3. The molecule has 0 saturated carbocycles. The first-order valence-corrected chi connectivity index (χ1v) is 9.31. The number of nitrogens with zero attached hydrogens (tertiary/aromatic N) is 1. The lowest BCUT2D eigenvalue weighted by atomic mass is 10.1. The van der Waals surface area contributed by atoms with E-state index in [1.54, 1.807) is 0 Å². The van der Waals surface area contributed by atoms with Gasteiger partial charge in [-0.2, -0.15) is 0 Å². The fourth-order valence-corrected chi connectivity index (χ4v) is 2.39. The Balaban J connectivity index is 2.81. The molecule has 0 aliphatic rings. The van der Waals surface area contributed by atoms with Crippen LogP contribution in [-0.4, -0.2) is 80.6 Å². The molecule has 14 heteroatoms. The van der Waals surface area contributed by atoms with Crippen molar-refractivity contribution in [3.63, 3.8) is 0 Å². The lowest BCUT2D eigenvalue weighted by molar-refractivity contribution is -0.143. The summed E-state index contributed by atoms with van der Waals surface area (Å²) >= 11 is 0. The van der Waals surface area contributed by atoms with Gasteiger partial charge in [0.15, 0.2) is 0 Å². The normalized spacial score (nSPS) is 14.5. The van der Waals surface area contributed by atoms with Crippen molar-refractivity contribution in [1.82, 2.24) is 25.9 Å². The van der Waals surface area contributed by atoms with Gasteiger partial charge in [-0.1, -0.05) is 0 Å². The number of carboxylic acids is 1. The van der Waals surface area contributed by atoms with Gasteiger partial charge in [0.1, 0.15) is 18.1 Å². The summed E-state index contributed by atoms with van der Waals surface area (Å²) in [5.74, 6) is -4.37. The van der Waals surface area contributed by atoms with Gasteiger partial charge in [0, 0.05) is 24.7 Å². The molecule has 4 unspecified atom stereocenters. The third-order valence-corrected chi connectivity index (χ3v) is 4.20. The maximum absolute atomic E-state index is 12.7. The molecule has 1 aromatic rings. The number of aliphatic carboxylic acids is 1. The Kier molecular flexibility index (Phi) is 10.1. The minimum atomic E-state index is -1.53. The van der Waals surface area contributed by atoms with Gasteiger partial charge in [0.2, 0.25) is 23.6 Å². The van der Waals surface area contributed by atoms with E-state index in [2.05, 4.69) is 25.9 Å². The first kappa shape index (κ1) is 25.5. The van der Waals surface area contributed by atoms with E-state index >= 15 is 0 Å². The number of nitrogens with two attached hydrogens (primary N) is 2. The number of aromatic nitrogens is 2. The summed E-state index contributed by atoms with van der Waals surface area (Å²) in [6.07, 6.45) is 2.67. The molecule has 0 spiro atoms. The molecule has 4 atom stereocenters. The van der Waals surface area contributed by atoms with E-state index in [1.165, 1.54) is 19.4 Å². The summed E-state index contributed by atoms with van der Waals surface area (Å²) in [5, 5.41) is 24.8. The van der Waals surface area contributed by atoms with Crippen molar-refractivity contribution in [1.29, 1.82) is 0 Å². The van der Waals surface area contributed by atoms with Crippen molar-refractivity contribution < 1.29 is 34.2 Å². The summed E-state index contributed by atoms with van der Waals surface area (Å²) < 4.78 is 0. The van der Waals surface area contributed by atoms with E-state index in [-0.39, 0.29) is 19.3 Å². The molecular weight excluding hydrogens is 414 g/mol. The topological polar surface area (TPSA) is 243 Å². The number of imidazole rings is 1. The van der Waals surface area contributed by atoms with Gasteiger partial charge in [-0.25, -0.2) is 9.78 Å². The van der Waals surface area contributed by atoms with E-state index in [0.29, 0.717) is 5.69 Å². The number of aromatic amines is 1. The molecule has 1 aromatic heterocycles. The summed E-state index contributed by atoms with van der Waals surface area (Å²) in [7, 11) is 0. The zero-order valence-corrected chi connectivity index (χ0v) is 16.8. The third-order valence-electron chi connectivity index (χ3n) is 4.20. The standard InChI is InChI=1S/C17H27N7O7/c1-8(14(27)24-12(6-25)17(30)31)22-16(29)11(4-9-5-20-7-21-9)23-15(28)10(18)2-3-13(19)26/h5,7-8,10-12,25H,2-4,6,18H2,1H3,(H2,19,26)(H,20,21)(H,22,29)(H,23,28)(H,24,27)(H,30,31). The van der Waals surface area contributed by atoms with Crippen LogP contribution in [0.15, 0.2) is 12.5 Å². The van der Waals surface area contributed by atoms with Crippen LogP contribution in [0.5, 0.6) is 0 Å². The van der Waals surface area contributed by atoms with E-state index in [9.17, 15) is 24.0 Å². The first-order chi connectivity index (χ1) is 14.5. The molecule has 0 aliphatic carbocycles. The lowest BCUT2D eigenvalue weighted by Crippen LogP contribution is -2.57. The maximum atomic E-state index is 12.7. The zero-order chi connectivity index (χ0) is 23.6. The second-order valence-electron chi connectivity index (χ2n) is 6.77. The van der Waals surface area contributed by atoms with E-state index in [1.807, 2.05) is 0 Å². The van der Waals surface area contributed by atoms with Gasteiger partial charge in [0.25, 0.3) is 0 Å². The Hall–Kier alpha value is -3.52. The molecule has 172 valence electrons. The number of aliphatic hydroxyl groups excluding tert-OH is 1. The minimum absolute atomic E-state index is 0.0111. The van der Waals surface area contributed by atoms with Gasteiger partial charge in [-0.3, -0.25) is 19.2 Å². The van der Waals surface area contributed by atoms with Crippen molar-refractivity contribution in [3.8, 4) is 0 Å². The van der Waals surface area contributed by atoms with Crippen molar-refractivity contribution in [3.05, 3.63) is 18.2 Å². The largest absolute Gasteiger partial charge is 0.480 e. The number of H-pyrrole nitrogens is 1. The second-order valence-corrected chi connectivity index (χ2v) is 6.77. The van der Waals surface area contributed by atoms with Crippen LogP contribution < -0.4 is 27.4 Å². The van der Waals surface area contributed by atoms with Crippen LogP contribution >= 0.6 is 0 Å². The van der Waals surface area contributed by atoms with Crippen molar-refractivity contribution in [2.45, 2.75) is 50.4 Å². The van der Waals surface area contributed by atoms with Crippen LogP contribution in [0.3, 0.4) is 0 Å². The molecule has 31 heavy (non-hydrogen) atoms. The summed E-state index contributed by atoms with van der Waals surface area (Å²) in [6, 6.07) is -4.96. The number of carbonyl (C=O) groups excluding carboxylic acids is 4. The molecule has 0 bridgehead atoms. The average Bonchev–Trinajstić information content (AvgIpc) is 3.21. The molecular formula is C17H27N7O7. The Labute approximate surface area is 177 Å². The fraction of sp³-hybridized carbons (Fsp3) is 0.529. The average molecular weight is 441 g/mol. The van der Waals surface area contributed by atoms with Gasteiger partial charge in [0.05, 0.1) is 19.0 Å². The van der Waals surface area contributed by atoms with Gasteiger partial charge < -0.3 is 42.6 Å². The minimum Gasteiger partial charge on any atom is -0.480 e. The predicted molar refractivity (Wildman–Crippen MR) is 105 cm³/mol. The second kappa shape index (κ2) is 12.2. The molecule has 0 radical (unpaired) electrons. The van der Waals surface area contributed by atoms with Gasteiger partial charge >= 0.3 is 5.97 Å². The molecule has 0 saturated heterocycles. The highest BCUT2D eigenvalue weighted by Gasteiger charge is 2.28. The number of hydrogen-bond acceptors (Lipinski definition) is 8. The molecule has 0 aromatic carbocycles.